The number of methoxy groups -OCH3 is 3. The second-order valence-corrected chi connectivity index (χ2v) is 4.12. The van der Waals surface area contributed by atoms with Gasteiger partial charge in [-0.2, -0.15) is 0 Å². The lowest BCUT2D eigenvalue weighted by Crippen LogP contribution is -1.90. The summed E-state index contributed by atoms with van der Waals surface area (Å²) in [5, 5.41) is 2.72. The highest BCUT2D eigenvalue weighted by Crippen LogP contribution is 2.36. The Morgan fingerprint density at radius 3 is 2.47 bits per heavy atom. The van der Waals surface area contributed by atoms with E-state index < -0.39 is 0 Å². The SMILES string of the molecule is COc1ccc(-c2nc(OC)cs2)c(OC)c1. The molecule has 0 radical (unpaired) electrons. The predicted molar refractivity (Wildman–Crippen MR) is 67.2 cm³/mol. The van der Waals surface area contributed by atoms with Crippen molar-refractivity contribution in [1.29, 1.82) is 0 Å². The first-order chi connectivity index (χ1) is 8.28. The van der Waals surface area contributed by atoms with Crippen LogP contribution < -0.4 is 14.2 Å². The van der Waals surface area contributed by atoms with Crippen molar-refractivity contribution in [2.24, 2.45) is 0 Å². The molecule has 0 unspecified atom stereocenters. The van der Waals surface area contributed by atoms with Crippen molar-refractivity contribution < 1.29 is 14.2 Å². The molecule has 2 aromatic rings. The molecule has 0 spiro atoms. The molecule has 1 aromatic heterocycles. The van der Waals surface area contributed by atoms with Crippen molar-refractivity contribution in [2.45, 2.75) is 0 Å². The van der Waals surface area contributed by atoms with E-state index in [0.29, 0.717) is 5.88 Å². The molecule has 0 aliphatic carbocycles. The van der Waals surface area contributed by atoms with Gasteiger partial charge in [0.25, 0.3) is 0 Å². The van der Waals surface area contributed by atoms with Gasteiger partial charge in [-0.15, -0.1) is 11.3 Å². The quantitative estimate of drug-likeness (QED) is 0.837. The minimum absolute atomic E-state index is 0.614. The lowest BCUT2D eigenvalue weighted by atomic mass is 10.2. The maximum absolute atomic E-state index is 5.33. The molecule has 0 atom stereocenters. The Kier molecular flexibility index (Phi) is 3.49. The molecule has 1 aromatic carbocycles. The second-order valence-electron chi connectivity index (χ2n) is 3.26. The van der Waals surface area contributed by atoms with Crippen molar-refractivity contribution in [1.82, 2.24) is 4.98 Å². The van der Waals surface area contributed by atoms with Crippen LogP contribution in [0.2, 0.25) is 0 Å². The zero-order chi connectivity index (χ0) is 12.3. The van der Waals surface area contributed by atoms with Gasteiger partial charge in [0.15, 0.2) is 0 Å². The van der Waals surface area contributed by atoms with E-state index in [-0.39, 0.29) is 0 Å². The van der Waals surface area contributed by atoms with Crippen LogP contribution >= 0.6 is 11.3 Å². The van der Waals surface area contributed by atoms with E-state index in [1.54, 1.807) is 21.3 Å². The van der Waals surface area contributed by atoms with E-state index in [0.717, 1.165) is 22.1 Å². The summed E-state index contributed by atoms with van der Waals surface area (Å²) in [6, 6.07) is 5.64. The average molecular weight is 251 g/mol. The van der Waals surface area contributed by atoms with Gasteiger partial charge in [0, 0.05) is 6.07 Å². The molecule has 0 aliphatic rings. The van der Waals surface area contributed by atoms with Crippen molar-refractivity contribution in [3.05, 3.63) is 23.6 Å². The highest BCUT2D eigenvalue weighted by molar-refractivity contribution is 7.13. The number of thiazole rings is 1. The normalized spacial score (nSPS) is 10.1. The minimum atomic E-state index is 0.614. The lowest BCUT2D eigenvalue weighted by Gasteiger charge is -2.07. The van der Waals surface area contributed by atoms with Crippen LogP contribution in [0.3, 0.4) is 0 Å². The zero-order valence-corrected chi connectivity index (χ0v) is 10.7. The van der Waals surface area contributed by atoms with Gasteiger partial charge in [-0.3, -0.25) is 0 Å². The monoisotopic (exact) mass is 251 g/mol. The molecule has 17 heavy (non-hydrogen) atoms. The molecule has 0 aliphatic heterocycles. The maximum atomic E-state index is 5.33. The molecule has 0 N–H and O–H groups in total. The van der Waals surface area contributed by atoms with E-state index in [1.165, 1.54) is 11.3 Å². The van der Waals surface area contributed by atoms with E-state index in [4.69, 9.17) is 14.2 Å². The Labute approximate surface area is 104 Å². The number of ether oxygens (including phenoxy) is 3. The fourth-order valence-corrected chi connectivity index (χ4v) is 2.25. The number of benzene rings is 1. The van der Waals surface area contributed by atoms with E-state index >= 15 is 0 Å². The van der Waals surface area contributed by atoms with E-state index in [1.807, 2.05) is 23.6 Å². The Balaban J connectivity index is 2.43. The number of rotatable bonds is 4. The summed E-state index contributed by atoms with van der Waals surface area (Å²) in [5.74, 6) is 2.11. The summed E-state index contributed by atoms with van der Waals surface area (Å²) in [6.07, 6.45) is 0. The molecule has 5 heteroatoms. The molecule has 90 valence electrons. The Bertz CT molecular complexity index is 510. The molecule has 1 heterocycles. The van der Waals surface area contributed by atoms with Crippen LogP contribution in [0.4, 0.5) is 0 Å². The van der Waals surface area contributed by atoms with Gasteiger partial charge in [0.1, 0.15) is 16.5 Å². The van der Waals surface area contributed by atoms with Crippen molar-refractivity contribution in [2.75, 3.05) is 21.3 Å². The summed E-state index contributed by atoms with van der Waals surface area (Å²) in [7, 11) is 4.86. The topological polar surface area (TPSA) is 40.6 Å². The van der Waals surface area contributed by atoms with Crippen LogP contribution in [0, 0.1) is 0 Å². The first-order valence-electron chi connectivity index (χ1n) is 5.00. The van der Waals surface area contributed by atoms with E-state index in [2.05, 4.69) is 4.98 Å². The Morgan fingerprint density at radius 2 is 1.88 bits per heavy atom. The third-order valence-corrected chi connectivity index (χ3v) is 3.19. The summed E-state index contributed by atoms with van der Waals surface area (Å²) in [4.78, 5) is 4.34. The number of nitrogens with zero attached hydrogens (tertiary/aromatic N) is 1. The third-order valence-electron chi connectivity index (χ3n) is 2.33. The molecule has 0 fully saturated rings. The highest BCUT2D eigenvalue weighted by Gasteiger charge is 2.11. The minimum Gasteiger partial charge on any atom is -0.497 e. The highest BCUT2D eigenvalue weighted by atomic mass is 32.1. The summed E-state index contributed by atoms with van der Waals surface area (Å²) < 4.78 is 15.6. The Morgan fingerprint density at radius 1 is 1.06 bits per heavy atom. The summed E-state index contributed by atoms with van der Waals surface area (Å²) >= 11 is 1.51. The largest absolute Gasteiger partial charge is 0.497 e. The first kappa shape index (κ1) is 11.7. The van der Waals surface area contributed by atoms with Gasteiger partial charge < -0.3 is 14.2 Å². The molecule has 2 rings (SSSR count). The molecule has 0 saturated carbocycles. The molecular weight excluding hydrogens is 238 g/mol. The number of hydrogen-bond acceptors (Lipinski definition) is 5. The van der Waals surface area contributed by atoms with Crippen molar-refractivity contribution in [3.63, 3.8) is 0 Å². The van der Waals surface area contributed by atoms with Crippen LogP contribution in [0.15, 0.2) is 23.6 Å². The fraction of sp³-hybridized carbons (Fsp3) is 0.250. The number of hydrogen-bond donors (Lipinski definition) is 0. The van der Waals surface area contributed by atoms with Crippen LogP contribution in [-0.2, 0) is 0 Å². The molecular formula is C12H13NO3S. The number of aromatic nitrogens is 1. The van der Waals surface area contributed by atoms with Gasteiger partial charge in [-0.1, -0.05) is 0 Å². The lowest BCUT2D eigenvalue weighted by molar-refractivity contribution is 0.394. The zero-order valence-electron chi connectivity index (χ0n) is 9.89. The van der Waals surface area contributed by atoms with Gasteiger partial charge in [0.2, 0.25) is 5.88 Å². The Hall–Kier alpha value is -1.75. The van der Waals surface area contributed by atoms with Gasteiger partial charge in [0.05, 0.1) is 32.3 Å². The second kappa shape index (κ2) is 5.05. The average Bonchev–Trinajstić information content (AvgIpc) is 2.86. The van der Waals surface area contributed by atoms with Crippen molar-refractivity contribution >= 4 is 11.3 Å². The molecule has 4 nitrogen and oxygen atoms in total. The maximum Gasteiger partial charge on any atom is 0.224 e. The van der Waals surface area contributed by atoms with Crippen LogP contribution in [0.1, 0.15) is 0 Å². The smallest absolute Gasteiger partial charge is 0.224 e. The fourth-order valence-electron chi connectivity index (χ4n) is 1.45. The van der Waals surface area contributed by atoms with E-state index in [9.17, 15) is 0 Å². The third kappa shape index (κ3) is 2.34. The van der Waals surface area contributed by atoms with Crippen molar-refractivity contribution in [3.8, 4) is 28.0 Å². The first-order valence-corrected chi connectivity index (χ1v) is 5.88. The van der Waals surface area contributed by atoms with Gasteiger partial charge in [-0.05, 0) is 12.1 Å². The van der Waals surface area contributed by atoms with Crippen LogP contribution in [-0.4, -0.2) is 26.3 Å². The van der Waals surface area contributed by atoms with Gasteiger partial charge >= 0.3 is 0 Å². The van der Waals surface area contributed by atoms with Crippen LogP contribution in [0.5, 0.6) is 17.4 Å². The molecule has 0 saturated heterocycles. The van der Waals surface area contributed by atoms with Gasteiger partial charge in [-0.25, -0.2) is 4.98 Å². The molecule has 0 bridgehead atoms. The summed E-state index contributed by atoms with van der Waals surface area (Å²) in [6.45, 7) is 0. The standard InChI is InChI=1S/C12H13NO3S/c1-14-8-4-5-9(10(6-8)15-2)12-13-11(16-3)7-17-12/h4-7H,1-3H3. The van der Waals surface area contributed by atoms with Crippen LogP contribution in [0.25, 0.3) is 10.6 Å². The molecule has 0 amide bonds. The summed E-state index contributed by atoms with van der Waals surface area (Å²) in [5.41, 5.74) is 0.932. The predicted octanol–water partition coefficient (Wildman–Crippen LogP) is 2.84.